The van der Waals surface area contributed by atoms with Crippen molar-refractivity contribution in [3.8, 4) is 0 Å². The van der Waals surface area contributed by atoms with E-state index in [-0.39, 0.29) is 13.2 Å². The van der Waals surface area contributed by atoms with Gasteiger partial charge in [-0.1, -0.05) is 0 Å². The zero-order chi connectivity index (χ0) is 20.9. The lowest BCUT2D eigenvalue weighted by molar-refractivity contribution is -0.384. The summed E-state index contributed by atoms with van der Waals surface area (Å²) in [5, 5.41) is 69.1. The van der Waals surface area contributed by atoms with Gasteiger partial charge in [0.15, 0.2) is 6.29 Å². The Kier molecular flexibility index (Phi) is 8.66. The third-order valence-corrected chi connectivity index (χ3v) is 4.78. The molecule has 2 rings (SSSR count). The number of rotatable bonds is 10. The van der Waals surface area contributed by atoms with Crippen molar-refractivity contribution < 1.29 is 59.5 Å². The Labute approximate surface area is 160 Å². The van der Waals surface area contributed by atoms with Crippen LogP contribution in [0.1, 0.15) is 12.8 Å². The molecule has 2 aliphatic rings. The fourth-order valence-corrected chi connectivity index (χ4v) is 3.09. The number of aliphatic hydroxyl groups excluding tert-OH is 7. The van der Waals surface area contributed by atoms with Crippen LogP contribution in [0.15, 0.2) is 0 Å². The molecule has 0 aliphatic carbocycles. The Hall–Kier alpha value is -0.770. The summed E-state index contributed by atoms with van der Waals surface area (Å²) in [5.74, 6) is -2.23. The molecule has 2 aliphatic heterocycles. The molecule has 0 saturated carbocycles. The van der Waals surface area contributed by atoms with Crippen molar-refractivity contribution in [1.29, 1.82) is 0 Å². The first-order valence-corrected chi connectivity index (χ1v) is 8.95. The predicted octanol–water partition coefficient (Wildman–Crippen LogP) is -4.39. The van der Waals surface area contributed by atoms with Crippen LogP contribution in [0.5, 0.6) is 0 Å². The van der Waals surface area contributed by atoms with Gasteiger partial charge in [0.1, 0.15) is 55.6 Å². The molecular weight excluding hydrogens is 384 g/mol. The highest BCUT2D eigenvalue weighted by molar-refractivity contribution is 5.48. The van der Waals surface area contributed by atoms with Crippen LogP contribution in [0, 0.1) is 0 Å². The summed E-state index contributed by atoms with van der Waals surface area (Å²) in [6.07, 6.45) is -10.9. The van der Waals surface area contributed by atoms with Crippen LogP contribution in [0.4, 0.5) is 0 Å². The van der Waals surface area contributed by atoms with Gasteiger partial charge < -0.3 is 59.5 Å². The molecule has 2 heterocycles. The van der Waals surface area contributed by atoms with Crippen molar-refractivity contribution >= 4 is 6.29 Å². The standard InChI is InChI=1S/C16H28O12/c17-3-1-2-4-25-6-9-10(20)12(22)13(23)15(26-9)28-16(7-19)14(24)11(21)8(5-18)27-16/h3,8-15,18-24H,1-2,4-7H2/t8-,9-,10-,11-,12+,13-,14+,15-,16+/m1/s1. The molecule has 28 heavy (non-hydrogen) atoms. The van der Waals surface area contributed by atoms with E-state index in [1.54, 1.807) is 0 Å². The molecule has 2 fully saturated rings. The van der Waals surface area contributed by atoms with E-state index in [0.29, 0.717) is 12.8 Å². The molecule has 0 unspecified atom stereocenters. The van der Waals surface area contributed by atoms with Crippen LogP contribution in [-0.4, -0.2) is 123 Å². The van der Waals surface area contributed by atoms with Gasteiger partial charge in [0.2, 0.25) is 5.79 Å². The summed E-state index contributed by atoms with van der Waals surface area (Å²) in [4.78, 5) is 10.3. The second-order valence-corrected chi connectivity index (χ2v) is 6.76. The van der Waals surface area contributed by atoms with Gasteiger partial charge in [0.05, 0.1) is 13.2 Å². The average Bonchev–Trinajstić information content (AvgIpc) is 2.94. The van der Waals surface area contributed by atoms with Gasteiger partial charge in [0, 0.05) is 13.0 Å². The predicted molar refractivity (Wildman–Crippen MR) is 87.7 cm³/mol. The van der Waals surface area contributed by atoms with Crippen molar-refractivity contribution in [1.82, 2.24) is 0 Å². The van der Waals surface area contributed by atoms with Gasteiger partial charge in [0.25, 0.3) is 0 Å². The van der Waals surface area contributed by atoms with Crippen molar-refractivity contribution in [2.45, 2.75) is 67.6 Å². The van der Waals surface area contributed by atoms with Gasteiger partial charge in [-0.05, 0) is 6.42 Å². The maximum Gasteiger partial charge on any atom is 0.224 e. The average molecular weight is 412 g/mol. The third kappa shape index (κ3) is 4.86. The first-order valence-electron chi connectivity index (χ1n) is 8.95. The maximum absolute atomic E-state index is 10.3. The summed E-state index contributed by atoms with van der Waals surface area (Å²) < 4.78 is 21.3. The summed E-state index contributed by atoms with van der Waals surface area (Å²) in [6.45, 7) is -1.63. The largest absolute Gasteiger partial charge is 0.394 e. The topological polar surface area (TPSA) is 196 Å². The van der Waals surface area contributed by atoms with Crippen LogP contribution in [0.2, 0.25) is 0 Å². The Balaban J connectivity index is 2.05. The number of hydrogen-bond acceptors (Lipinski definition) is 12. The molecular formula is C16H28O12. The fourth-order valence-electron chi connectivity index (χ4n) is 3.09. The van der Waals surface area contributed by atoms with Gasteiger partial charge in [-0.25, -0.2) is 0 Å². The third-order valence-electron chi connectivity index (χ3n) is 4.78. The smallest absolute Gasteiger partial charge is 0.224 e. The Bertz CT molecular complexity index is 492. The lowest BCUT2D eigenvalue weighted by Gasteiger charge is -2.43. The zero-order valence-electron chi connectivity index (χ0n) is 15.1. The molecule has 0 bridgehead atoms. The zero-order valence-corrected chi connectivity index (χ0v) is 15.1. The van der Waals surface area contributed by atoms with E-state index in [0.717, 1.165) is 6.29 Å². The van der Waals surface area contributed by atoms with E-state index in [2.05, 4.69) is 0 Å². The van der Waals surface area contributed by atoms with Crippen molar-refractivity contribution in [2.75, 3.05) is 26.4 Å². The number of carbonyl (C=O) groups excluding carboxylic acids is 1. The van der Waals surface area contributed by atoms with E-state index in [1.165, 1.54) is 0 Å². The summed E-state index contributed by atoms with van der Waals surface area (Å²) in [6, 6.07) is 0. The minimum Gasteiger partial charge on any atom is -0.394 e. The minimum atomic E-state index is -2.23. The first-order chi connectivity index (χ1) is 13.3. The Morgan fingerprint density at radius 2 is 1.68 bits per heavy atom. The lowest BCUT2D eigenvalue weighted by atomic mass is 9.99. The molecule has 0 aromatic carbocycles. The number of hydrogen-bond donors (Lipinski definition) is 7. The lowest BCUT2D eigenvalue weighted by Crippen LogP contribution is -2.62. The molecule has 2 saturated heterocycles. The molecule has 164 valence electrons. The number of aliphatic hydroxyl groups is 7. The van der Waals surface area contributed by atoms with Gasteiger partial charge >= 0.3 is 0 Å². The van der Waals surface area contributed by atoms with Crippen LogP contribution in [0.25, 0.3) is 0 Å². The highest BCUT2D eigenvalue weighted by atomic mass is 16.8. The fraction of sp³-hybridized carbons (Fsp3) is 0.938. The van der Waals surface area contributed by atoms with Gasteiger partial charge in [-0.15, -0.1) is 0 Å². The maximum atomic E-state index is 10.3. The molecule has 0 aromatic heterocycles. The molecule has 7 N–H and O–H groups in total. The molecule has 12 nitrogen and oxygen atoms in total. The van der Waals surface area contributed by atoms with E-state index in [1.807, 2.05) is 0 Å². The van der Waals surface area contributed by atoms with E-state index in [4.69, 9.17) is 18.9 Å². The van der Waals surface area contributed by atoms with Crippen molar-refractivity contribution in [2.24, 2.45) is 0 Å². The van der Waals surface area contributed by atoms with Crippen molar-refractivity contribution in [3.63, 3.8) is 0 Å². The van der Waals surface area contributed by atoms with Gasteiger partial charge in [-0.3, -0.25) is 0 Å². The van der Waals surface area contributed by atoms with Crippen LogP contribution in [-0.2, 0) is 23.7 Å². The van der Waals surface area contributed by atoms with Crippen LogP contribution in [0.3, 0.4) is 0 Å². The molecule has 9 atom stereocenters. The summed E-state index contributed by atoms with van der Waals surface area (Å²) in [5.41, 5.74) is 0. The normalized spacial score (nSPS) is 44.0. The summed E-state index contributed by atoms with van der Waals surface area (Å²) in [7, 11) is 0. The SMILES string of the molecule is O=CCCCOC[C@H]1O[C@H](O[C@]2(CO)O[C@H](CO)[C@@H](O)[C@@H]2O)[C@H](O)[C@@H](O)[C@@H]1O. The molecule has 0 aromatic rings. The number of aldehydes is 1. The highest BCUT2D eigenvalue weighted by Crippen LogP contribution is 2.35. The molecule has 12 heteroatoms. The molecule has 0 spiro atoms. The van der Waals surface area contributed by atoms with Crippen LogP contribution < -0.4 is 0 Å². The van der Waals surface area contributed by atoms with E-state index in [9.17, 15) is 40.5 Å². The van der Waals surface area contributed by atoms with E-state index >= 15 is 0 Å². The van der Waals surface area contributed by atoms with Crippen molar-refractivity contribution in [3.05, 3.63) is 0 Å². The summed E-state index contributed by atoms with van der Waals surface area (Å²) >= 11 is 0. The Morgan fingerprint density at radius 1 is 0.964 bits per heavy atom. The highest BCUT2D eigenvalue weighted by Gasteiger charge is 2.58. The Morgan fingerprint density at radius 3 is 2.25 bits per heavy atom. The van der Waals surface area contributed by atoms with E-state index < -0.39 is 68.0 Å². The number of unbranched alkanes of at least 4 members (excludes halogenated alkanes) is 1. The monoisotopic (exact) mass is 412 g/mol. The minimum absolute atomic E-state index is 0.193. The first kappa shape index (κ1) is 23.5. The molecule has 0 amide bonds. The second kappa shape index (κ2) is 10.3. The molecule has 0 radical (unpaired) electrons. The number of carbonyl (C=O) groups is 1. The van der Waals surface area contributed by atoms with Crippen LogP contribution >= 0.6 is 0 Å². The quantitative estimate of drug-likeness (QED) is 0.135. The number of ether oxygens (including phenoxy) is 4. The van der Waals surface area contributed by atoms with Gasteiger partial charge in [-0.2, -0.15) is 0 Å². The second-order valence-electron chi connectivity index (χ2n) is 6.76.